The van der Waals surface area contributed by atoms with E-state index in [1.165, 1.54) is 0 Å². The van der Waals surface area contributed by atoms with Gasteiger partial charge >= 0.3 is 0 Å². The van der Waals surface area contributed by atoms with E-state index < -0.39 is 0 Å². The summed E-state index contributed by atoms with van der Waals surface area (Å²) in [7, 11) is 0. The summed E-state index contributed by atoms with van der Waals surface area (Å²) in [5, 5.41) is 23.9. The predicted molar refractivity (Wildman–Crippen MR) is 77.4 cm³/mol. The Morgan fingerprint density at radius 1 is 1.32 bits per heavy atom. The number of aromatic hydroxyl groups is 1. The van der Waals surface area contributed by atoms with Crippen molar-refractivity contribution in [1.29, 1.82) is 0 Å². The Labute approximate surface area is 113 Å². The van der Waals surface area contributed by atoms with Gasteiger partial charge in [0, 0.05) is 24.7 Å². The van der Waals surface area contributed by atoms with Crippen LogP contribution in [0, 0.1) is 5.92 Å². The van der Waals surface area contributed by atoms with E-state index in [0.29, 0.717) is 5.92 Å². The van der Waals surface area contributed by atoms with Gasteiger partial charge in [0.15, 0.2) is 0 Å². The minimum atomic E-state index is 0.212. The number of phenolic OH excluding ortho intramolecular Hbond substituents is 1. The van der Waals surface area contributed by atoms with Crippen LogP contribution in [0.5, 0.6) is 5.75 Å². The molecular weight excluding hydrogens is 240 g/mol. The zero-order chi connectivity index (χ0) is 13.7. The summed E-state index contributed by atoms with van der Waals surface area (Å²) in [6.07, 6.45) is 3.57. The Kier molecular flexibility index (Phi) is 4.58. The number of pyridine rings is 1. The van der Waals surface area contributed by atoms with E-state index in [0.717, 1.165) is 36.0 Å². The number of hydrogen-bond donors (Lipinski definition) is 3. The number of anilines is 1. The maximum atomic E-state index is 9.57. The van der Waals surface area contributed by atoms with Gasteiger partial charge in [-0.2, -0.15) is 0 Å². The average molecular weight is 260 g/mol. The minimum Gasteiger partial charge on any atom is -0.508 e. The van der Waals surface area contributed by atoms with Gasteiger partial charge in [0.25, 0.3) is 0 Å². The first kappa shape index (κ1) is 13.6. The molecule has 1 aromatic carbocycles. The number of benzene rings is 1. The molecule has 0 aliphatic heterocycles. The van der Waals surface area contributed by atoms with Crippen molar-refractivity contribution in [2.45, 2.75) is 19.8 Å². The highest BCUT2D eigenvalue weighted by Crippen LogP contribution is 2.25. The standard InChI is InChI=1S/C15H20N2O2/c1-2-11(6-8-18)10-17-15-14-9-13(19)4-3-12(14)5-7-16-15/h3-5,7,9,11,18-19H,2,6,8,10H2,1H3,(H,16,17). The quantitative estimate of drug-likeness (QED) is 0.747. The summed E-state index contributed by atoms with van der Waals surface area (Å²) in [4.78, 5) is 4.33. The van der Waals surface area contributed by atoms with Crippen LogP contribution in [0.1, 0.15) is 19.8 Å². The molecule has 102 valence electrons. The molecule has 1 heterocycles. The molecule has 0 radical (unpaired) electrons. The first-order chi connectivity index (χ1) is 9.24. The van der Waals surface area contributed by atoms with Crippen LogP contribution < -0.4 is 5.32 Å². The molecule has 0 fully saturated rings. The monoisotopic (exact) mass is 260 g/mol. The van der Waals surface area contributed by atoms with E-state index in [1.807, 2.05) is 12.1 Å². The van der Waals surface area contributed by atoms with Gasteiger partial charge in [0.05, 0.1) is 0 Å². The van der Waals surface area contributed by atoms with E-state index in [-0.39, 0.29) is 12.4 Å². The fraction of sp³-hybridized carbons (Fsp3) is 0.400. The summed E-state index contributed by atoms with van der Waals surface area (Å²) >= 11 is 0. The number of rotatable bonds is 6. The summed E-state index contributed by atoms with van der Waals surface area (Å²) < 4.78 is 0. The van der Waals surface area contributed by atoms with E-state index in [4.69, 9.17) is 5.11 Å². The highest BCUT2D eigenvalue weighted by Gasteiger charge is 2.08. The number of hydrogen-bond acceptors (Lipinski definition) is 4. The summed E-state index contributed by atoms with van der Waals surface area (Å²) in [6.45, 7) is 3.10. The second-order valence-corrected chi connectivity index (χ2v) is 4.73. The lowest BCUT2D eigenvalue weighted by Crippen LogP contribution is -2.15. The lowest BCUT2D eigenvalue weighted by molar-refractivity contribution is 0.258. The molecule has 1 aromatic heterocycles. The summed E-state index contributed by atoms with van der Waals surface area (Å²) in [5.74, 6) is 1.45. The van der Waals surface area contributed by atoms with Gasteiger partial charge in [0.2, 0.25) is 0 Å². The van der Waals surface area contributed by atoms with Gasteiger partial charge in [-0.05, 0) is 35.9 Å². The van der Waals surface area contributed by atoms with Crippen molar-refractivity contribution < 1.29 is 10.2 Å². The lowest BCUT2D eigenvalue weighted by Gasteiger charge is -2.15. The van der Waals surface area contributed by atoms with Crippen LogP contribution in [0.3, 0.4) is 0 Å². The molecule has 4 nitrogen and oxygen atoms in total. The van der Waals surface area contributed by atoms with Crippen molar-refractivity contribution in [3.63, 3.8) is 0 Å². The first-order valence-corrected chi connectivity index (χ1v) is 6.67. The smallest absolute Gasteiger partial charge is 0.133 e. The van der Waals surface area contributed by atoms with Gasteiger partial charge in [-0.15, -0.1) is 0 Å². The number of phenols is 1. The molecule has 19 heavy (non-hydrogen) atoms. The molecule has 0 aliphatic rings. The third-order valence-electron chi connectivity index (χ3n) is 3.42. The second kappa shape index (κ2) is 6.38. The van der Waals surface area contributed by atoms with Crippen molar-refractivity contribution >= 4 is 16.6 Å². The van der Waals surface area contributed by atoms with Crippen molar-refractivity contribution in [3.8, 4) is 5.75 Å². The molecule has 1 atom stereocenters. The van der Waals surface area contributed by atoms with Crippen LogP contribution in [-0.2, 0) is 0 Å². The van der Waals surface area contributed by atoms with Crippen LogP contribution in [-0.4, -0.2) is 28.3 Å². The molecule has 3 N–H and O–H groups in total. The van der Waals surface area contributed by atoms with E-state index in [1.54, 1.807) is 18.3 Å². The molecule has 0 amide bonds. The summed E-state index contributed by atoms with van der Waals surface area (Å²) in [6, 6.07) is 7.19. The largest absolute Gasteiger partial charge is 0.508 e. The Balaban J connectivity index is 2.18. The molecule has 0 bridgehead atoms. The zero-order valence-corrected chi connectivity index (χ0v) is 11.1. The van der Waals surface area contributed by atoms with Crippen LogP contribution in [0.15, 0.2) is 30.5 Å². The average Bonchev–Trinajstić information content (AvgIpc) is 2.43. The number of nitrogens with one attached hydrogen (secondary N) is 1. The van der Waals surface area contributed by atoms with E-state index in [2.05, 4.69) is 17.2 Å². The number of nitrogens with zero attached hydrogens (tertiary/aromatic N) is 1. The SMILES string of the molecule is CCC(CCO)CNc1nccc2ccc(O)cc12. The Hall–Kier alpha value is -1.81. The molecule has 4 heteroatoms. The maximum absolute atomic E-state index is 9.57. The van der Waals surface area contributed by atoms with Gasteiger partial charge in [-0.3, -0.25) is 0 Å². The van der Waals surface area contributed by atoms with Gasteiger partial charge in [-0.1, -0.05) is 19.4 Å². The summed E-state index contributed by atoms with van der Waals surface area (Å²) in [5.41, 5.74) is 0. The predicted octanol–water partition coefficient (Wildman–Crippen LogP) is 2.76. The first-order valence-electron chi connectivity index (χ1n) is 6.67. The fourth-order valence-electron chi connectivity index (χ4n) is 2.17. The Morgan fingerprint density at radius 2 is 2.16 bits per heavy atom. The molecular formula is C15H20N2O2. The third kappa shape index (κ3) is 3.35. The number of aromatic nitrogens is 1. The van der Waals surface area contributed by atoms with Gasteiger partial charge in [-0.25, -0.2) is 4.98 Å². The van der Waals surface area contributed by atoms with Crippen LogP contribution in [0.25, 0.3) is 10.8 Å². The molecule has 2 aromatic rings. The molecule has 0 spiro atoms. The Bertz CT molecular complexity index is 543. The number of aliphatic hydroxyl groups excluding tert-OH is 1. The topological polar surface area (TPSA) is 65.4 Å². The highest BCUT2D eigenvalue weighted by molar-refractivity contribution is 5.92. The van der Waals surface area contributed by atoms with E-state index >= 15 is 0 Å². The van der Waals surface area contributed by atoms with Gasteiger partial charge in [0.1, 0.15) is 11.6 Å². The van der Waals surface area contributed by atoms with Crippen molar-refractivity contribution in [2.75, 3.05) is 18.5 Å². The number of aliphatic hydroxyl groups is 1. The van der Waals surface area contributed by atoms with Crippen molar-refractivity contribution in [2.24, 2.45) is 5.92 Å². The van der Waals surface area contributed by atoms with Gasteiger partial charge < -0.3 is 15.5 Å². The van der Waals surface area contributed by atoms with Crippen molar-refractivity contribution in [3.05, 3.63) is 30.5 Å². The van der Waals surface area contributed by atoms with E-state index in [9.17, 15) is 5.11 Å². The third-order valence-corrected chi connectivity index (χ3v) is 3.42. The maximum Gasteiger partial charge on any atom is 0.133 e. The lowest BCUT2D eigenvalue weighted by atomic mass is 10.0. The zero-order valence-electron chi connectivity index (χ0n) is 11.1. The van der Waals surface area contributed by atoms with Crippen LogP contribution >= 0.6 is 0 Å². The minimum absolute atomic E-state index is 0.212. The molecule has 0 saturated carbocycles. The molecule has 1 unspecified atom stereocenters. The molecule has 2 rings (SSSR count). The molecule has 0 saturated heterocycles. The van der Waals surface area contributed by atoms with Crippen LogP contribution in [0.4, 0.5) is 5.82 Å². The molecule has 0 aliphatic carbocycles. The second-order valence-electron chi connectivity index (χ2n) is 4.73. The Morgan fingerprint density at radius 3 is 2.89 bits per heavy atom. The van der Waals surface area contributed by atoms with Crippen LogP contribution in [0.2, 0.25) is 0 Å². The number of fused-ring (bicyclic) bond motifs is 1. The fourth-order valence-corrected chi connectivity index (χ4v) is 2.17. The normalized spacial score (nSPS) is 12.5. The highest BCUT2D eigenvalue weighted by atomic mass is 16.3. The van der Waals surface area contributed by atoms with Crippen molar-refractivity contribution in [1.82, 2.24) is 4.98 Å².